The maximum absolute atomic E-state index is 11.5. The van der Waals surface area contributed by atoms with Crippen LogP contribution >= 0.6 is 0 Å². The van der Waals surface area contributed by atoms with Crippen LogP contribution in [0.1, 0.15) is 33.1 Å². The molecule has 2 unspecified atom stereocenters. The van der Waals surface area contributed by atoms with Crippen LogP contribution in [-0.4, -0.2) is 41.4 Å². The van der Waals surface area contributed by atoms with Crippen molar-refractivity contribution in [2.24, 2.45) is 0 Å². The lowest BCUT2D eigenvalue weighted by molar-refractivity contribution is 0.0941. The van der Waals surface area contributed by atoms with E-state index < -0.39 is 0 Å². The molecule has 2 atom stereocenters. The summed E-state index contributed by atoms with van der Waals surface area (Å²) >= 11 is 0. The number of hydrogen-bond donors (Lipinski definition) is 1. The van der Waals surface area contributed by atoms with E-state index in [9.17, 15) is 9.90 Å². The summed E-state index contributed by atoms with van der Waals surface area (Å²) in [7, 11) is 0. The third-order valence-corrected chi connectivity index (χ3v) is 2.51. The molecular weight excluding hydrogens is 182 g/mol. The van der Waals surface area contributed by atoms with Gasteiger partial charge < -0.3 is 14.7 Å². The Kier molecular flexibility index (Phi) is 4.20. The van der Waals surface area contributed by atoms with Crippen molar-refractivity contribution in [3.05, 3.63) is 0 Å². The van der Waals surface area contributed by atoms with E-state index in [1.54, 1.807) is 4.90 Å². The van der Waals surface area contributed by atoms with Crippen molar-refractivity contribution in [1.29, 1.82) is 0 Å². The van der Waals surface area contributed by atoms with Crippen LogP contribution in [0.15, 0.2) is 0 Å². The van der Waals surface area contributed by atoms with Gasteiger partial charge >= 0.3 is 6.09 Å². The number of ether oxygens (including phenoxy) is 1. The minimum Gasteiger partial charge on any atom is -0.449 e. The molecule has 0 aliphatic carbocycles. The number of rotatable bonds is 3. The van der Waals surface area contributed by atoms with Gasteiger partial charge in [-0.05, 0) is 19.8 Å². The molecule has 1 rings (SSSR count). The van der Waals surface area contributed by atoms with Crippen LogP contribution in [0.3, 0.4) is 0 Å². The molecule has 0 radical (unpaired) electrons. The molecule has 14 heavy (non-hydrogen) atoms. The summed E-state index contributed by atoms with van der Waals surface area (Å²) in [5, 5.41) is 9.34. The van der Waals surface area contributed by atoms with Crippen LogP contribution in [0.5, 0.6) is 0 Å². The number of carbonyl (C=O) groups excluding carboxylic acids is 1. The van der Waals surface area contributed by atoms with E-state index in [4.69, 9.17) is 4.74 Å². The molecular formula is C10H19NO3. The highest BCUT2D eigenvalue weighted by Crippen LogP contribution is 2.18. The Morgan fingerprint density at radius 3 is 2.86 bits per heavy atom. The molecule has 1 saturated heterocycles. The molecule has 82 valence electrons. The first kappa shape index (κ1) is 11.3. The first-order valence-electron chi connectivity index (χ1n) is 5.26. The zero-order valence-electron chi connectivity index (χ0n) is 8.90. The van der Waals surface area contributed by atoms with Gasteiger partial charge in [-0.25, -0.2) is 4.79 Å². The van der Waals surface area contributed by atoms with E-state index in [1.165, 1.54) is 0 Å². The number of carbonyl (C=O) groups is 1. The summed E-state index contributed by atoms with van der Waals surface area (Å²) < 4.78 is 5.06. The molecule has 1 aliphatic rings. The lowest BCUT2D eigenvalue weighted by Gasteiger charge is -2.20. The molecule has 0 aromatic heterocycles. The molecule has 1 heterocycles. The maximum atomic E-state index is 11.5. The maximum Gasteiger partial charge on any atom is 0.410 e. The van der Waals surface area contributed by atoms with Crippen molar-refractivity contribution >= 4 is 6.09 Å². The highest BCUT2D eigenvalue weighted by atomic mass is 16.6. The second-order valence-corrected chi connectivity index (χ2v) is 3.86. The van der Waals surface area contributed by atoms with Gasteiger partial charge in [0.1, 0.15) is 0 Å². The smallest absolute Gasteiger partial charge is 0.410 e. The molecule has 1 aliphatic heterocycles. The molecule has 4 nitrogen and oxygen atoms in total. The van der Waals surface area contributed by atoms with E-state index in [0.29, 0.717) is 19.6 Å². The molecule has 0 aromatic carbocycles. The van der Waals surface area contributed by atoms with Crippen LogP contribution in [0, 0.1) is 0 Å². The summed E-state index contributed by atoms with van der Waals surface area (Å²) in [5.41, 5.74) is 0. The lowest BCUT2D eigenvalue weighted by Crippen LogP contribution is -2.35. The van der Waals surface area contributed by atoms with Gasteiger partial charge in [0, 0.05) is 6.04 Å². The minimum absolute atomic E-state index is 0.0964. The van der Waals surface area contributed by atoms with Gasteiger partial charge in [0.2, 0.25) is 0 Å². The number of unbranched alkanes of at least 4 members (excludes halogenated alkanes) is 1. The monoisotopic (exact) mass is 201 g/mol. The standard InChI is InChI=1S/C10H19NO3/c1-3-4-5-14-10(13)11-7-9(12)6-8(11)2/h8-9,12H,3-7H2,1-2H3. The van der Waals surface area contributed by atoms with Crippen molar-refractivity contribution < 1.29 is 14.6 Å². The van der Waals surface area contributed by atoms with Crippen LogP contribution in [0.25, 0.3) is 0 Å². The normalized spacial score (nSPS) is 26.6. The SMILES string of the molecule is CCCCOC(=O)N1CC(O)CC1C. The topological polar surface area (TPSA) is 49.8 Å². The second kappa shape index (κ2) is 5.20. The Morgan fingerprint density at radius 1 is 1.64 bits per heavy atom. The predicted octanol–water partition coefficient (Wildman–Crippen LogP) is 1.38. The van der Waals surface area contributed by atoms with E-state index in [-0.39, 0.29) is 18.2 Å². The molecule has 0 spiro atoms. The molecule has 0 saturated carbocycles. The van der Waals surface area contributed by atoms with Crippen molar-refractivity contribution in [3.8, 4) is 0 Å². The van der Waals surface area contributed by atoms with Gasteiger partial charge in [0.05, 0.1) is 19.3 Å². The summed E-state index contributed by atoms with van der Waals surface area (Å²) in [6.45, 7) is 4.87. The number of aliphatic hydroxyl groups is 1. The Labute approximate surface area is 84.8 Å². The quantitative estimate of drug-likeness (QED) is 0.702. The number of hydrogen-bond acceptors (Lipinski definition) is 3. The Hall–Kier alpha value is -0.770. The summed E-state index contributed by atoms with van der Waals surface area (Å²) in [4.78, 5) is 13.1. The highest BCUT2D eigenvalue weighted by molar-refractivity contribution is 5.68. The summed E-state index contributed by atoms with van der Waals surface area (Å²) in [6.07, 6.45) is 1.90. The van der Waals surface area contributed by atoms with Gasteiger partial charge in [0.25, 0.3) is 0 Å². The third-order valence-electron chi connectivity index (χ3n) is 2.51. The van der Waals surface area contributed by atoms with Crippen LogP contribution in [-0.2, 0) is 4.74 Å². The molecule has 1 N–H and O–H groups in total. The van der Waals surface area contributed by atoms with Gasteiger partial charge in [-0.1, -0.05) is 13.3 Å². The molecule has 0 aromatic rings. The fraction of sp³-hybridized carbons (Fsp3) is 0.900. The van der Waals surface area contributed by atoms with Crippen LogP contribution < -0.4 is 0 Å². The predicted molar refractivity (Wildman–Crippen MR) is 53.0 cm³/mol. The number of likely N-dealkylation sites (tertiary alicyclic amines) is 1. The van der Waals surface area contributed by atoms with Gasteiger partial charge in [0.15, 0.2) is 0 Å². The molecule has 1 amide bonds. The third kappa shape index (κ3) is 2.87. The van der Waals surface area contributed by atoms with E-state index in [2.05, 4.69) is 6.92 Å². The zero-order chi connectivity index (χ0) is 10.6. The Bertz CT molecular complexity index is 196. The molecule has 1 fully saturated rings. The van der Waals surface area contributed by atoms with E-state index >= 15 is 0 Å². The molecule has 0 bridgehead atoms. The van der Waals surface area contributed by atoms with Gasteiger partial charge in [-0.2, -0.15) is 0 Å². The highest BCUT2D eigenvalue weighted by Gasteiger charge is 2.31. The molecule has 4 heteroatoms. The fourth-order valence-electron chi connectivity index (χ4n) is 1.64. The average Bonchev–Trinajstić information content (AvgIpc) is 2.45. The minimum atomic E-state index is -0.385. The van der Waals surface area contributed by atoms with E-state index in [0.717, 1.165) is 12.8 Å². The second-order valence-electron chi connectivity index (χ2n) is 3.86. The lowest BCUT2D eigenvalue weighted by atomic mass is 10.2. The number of amides is 1. The summed E-state index contributed by atoms with van der Waals surface area (Å²) in [6, 6.07) is 0.0964. The van der Waals surface area contributed by atoms with Gasteiger partial charge in [-0.3, -0.25) is 0 Å². The number of nitrogens with zero attached hydrogens (tertiary/aromatic N) is 1. The van der Waals surface area contributed by atoms with Crippen LogP contribution in [0.2, 0.25) is 0 Å². The Balaban J connectivity index is 2.30. The largest absolute Gasteiger partial charge is 0.449 e. The average molecular weight is 201 g/mol. The summed E-state index contributed by atoms with van der Waals surface area (Å²) in [5.74, 6) is 0. The number of β-amino-alcohol motifs (C(OH)–C–C–N with tert-alkyl or cyclic N) is 1. The van der Waals surface area contributed by atoms with E-state index in [1.807, 2.05) is 6.92 Å². The van der Waals surface area contributed by atoms with Gasteiger partial charge in [-0.15, -0.1) is 0 Å². The van der Waals surface area contributed by atoms with Crippen molar-refractivity contribution in [2.45, 2.75) is 45.3 Å². The zero-order valence-corrected chi connectivity index (χ0v) is 8.90. The first-order chi connectivity index (χ1) is 6.65. The van der Waals surface area contributed by atoms with Crippen LogP contribution in [0.4, 0.5) is 4.79 Å². The van der Waals surface area contributed by atoms with Crippen molar-refractivity contribution in [3.63, 3.8) is 0 Å². The fourth-order valence-corrected chi connectivity index (χ4v) is 1.64. The van der Waals surface area contributed by atoms with Crippen molar-refractivity contribution in [1.82, 2.24) is 4.90 Å². The first-order valence-corrected chi connectivity index (χ1v) is 5.26. The number of aliphatic hydroxyl groups excluding tert-OH is 1. The van der Waals surface area contributed by atoms with Crippen molar-refractivity contribution in [2.75, 3.05) is 13.2 Å². The Morgan fingerprint density at radius 2 is 2.36 bits per heavy atom.